The molecule has 0 aliphatic carbocycles. The third-order valence-electron chi connectivity index (χ3n) is 4.01. The summed E-state index contributed by atoms with van der Waals surface area (Å²) in [5.41, 5.74) is 1.16. The summed E-state index contributed by atoms with van der Waals surface area (Å²) in [6.07, 6.45) is 13.6. The van der Waals surface area contributed by atoms with Gasteiger partial charge in [0.1, 0.15) is 6.61 Å². The fraction of sp³-hybridized carbons (Fsp3) is 0.810. The number of ether oxygens (including phenoxy) is 2. The molecule has 0 unspecified atom stereocenters. The summed E-state index contributed by atoms with van der Waals surface area (Å²) in [7, 11) is 0. The normalized spacial score (nSPS) is 10.4. The molecule has 0 heterocycles. The van der Waals surface area contributed by atoms with Crippen molar-refractivity contribution < 1.29 is 19.1 Å². The van der Waals surface area contributed by atoms with Crippen LogP contribution < -0.4 is 0 Å². The number of carbonyl (C=O) groups is 2. The third kappa shape index (κ3) is 18.9. The van der Waals surface area contributed by atoms with E-state index in [1.807, 2.05) is 19.9 Å². The molecule has 0 aromatic carbocycles. The fourth-order valence-electron chi connectivity index (χ4n) is 2.41. The summed E-state index contributed by atoms with van der Waals surface area (Å²) in [5.74, 6) is -0.171. The molecule has 4 heteroatoms. The van der Waals surface area contributed by atoms with Crippen LogP contribution in [0.2, 0.25) is 0 Å². The highest BCUT2D eigenvalue weighted by Gasteiger charge is 2.03. The van der Waals surface area contributed by atoms with E-state index in [1.165, 1.54) is 12.8 Å². The van der Waals surface area contributed by atoms with Crippen molar-refractivity contribution in [1.29, 1.82) is 0 Å². The van der Waals surface area contributed by atoms with Crippen molar-refractivity contribution in [3.05, 3.63) is 11.6 Å². The van der Waals surface area contributed by atoms with Crippen LogP contribution in [0, 0.1) is 0 Å². The van der Waals surface area contributed by atoms with Gasteiger partial charge < -0.3 is 9.47 Å². The summed E-state index contributed by atoms with van der Waals surface area (Å²) < 4.78 is 10.3. The largest absolute Gasteiger partial charge is 0.466 e. The smallest absolute Gasteiger partial charge is 0.306 e. The van der Waals surface area contributed by atoms with Crippen molar-refractivity contribution in [2.45, 2.75) is 97.8 Å². The quantitative estimate of drug-likeness (QED) is 0.201. The molecule has 0 aromatic heterocycles. The molecule has 0 aliphatic rings. The lowest BCUT2D eigenvalue weighted by molar-refractivity contribution is -0.144. The number of esters is 2. The van der Waals surface area contributed by atoms with Gasteiger partial charge in [0.2, 0.25) is 0 Å². The summed E-state index contributed by atoms with van der Waals surface area (Å²) in [6, 6.07) is 0. The van der Waals surface area contributed by atoms with Gasteiger partial charge in [0, 0.05) is 12.8 Å². The first-order valence-electron chi connectivity index (χ1n) is 10.0. The minimum Gasteiger partial charge on any atom is -0.466 e. The van der Waals surface area contributed by atoms with Crippen LogP contribution in [0.15, 0.2) is 11.6 Å². The summed E-state index contributed by atoms with van der Waals surface area (Å²) >= 11 is 0. The Morgan fingerprint density at radius 1 is 0.720 bits per heavy atom. The molecule has 0 spiro atoms. The molecular formula is C21H38O4. The summed E-state index contributed by atoms with van der Waals surface area (Å²) in [5, 5.41) is 0. The molecule has 0 aromatic rings. The van der Waals surface area contributed by atoms with E-state index < -0.39 is 0 Å². The molecule has 0 N–H and O–H groups in total. The lowest BCUT2D eigenvalue weighted by atomic mass is 10.1. The van der Waals surface area contributed by atoms with Crippen molar-refractivity contribution in [2.75, 3.05) is 13.2 Å². The second kappa shape index (κ2) is 17.5. The van der Waals surface area contributed by atoms with Crippen molar-refractivity contribution in [3.8, 4) is 0 Å². The van der Waals surface area contributed by atoms with Crippen LogP contribution >= 0.6 is 0 Å². The van der Waals surface area contributed by atoms with Gasteiger partial charge in [0.15, 0.2) is 0 Å². The molecule has 0 aliphatic heterocycles. The van der Waals surface area contributed by atoms with Crippen LogP contribution in [-0.2, 0) is 19.1 Å². The molecular weight excluding hydrogens is 316 g/mol. The minimum atomic E-state index is -0.112. The Balaban J connectivity index is 3.31. The molecule has 0 fully saturated rings. The zero-order chi connectivity index (χ0) is 18.8. The lowest BCUT2D eigenvalue weighted by Crippen LogP contribution is -2.05. The van der Waals surface area contributed by atoms with Crippen LogP contribution in [0.5, 0.6) is 0 Å². The first kappa shape index (κ1) is 23.7. The molecule has 0 amide bonds. The van der Waals surface area contributed by atoms with Gasteiger partial charge in [-0.25, -0.2) is 0 Å². The van der Waals surface area contributed by atoms with E-state index >= 15 is 0 Å². The van der Waals surface area contributed by atoms with Crippen molar-refractivity contribution >= 4 is 11.9 Å². The lowest BCUT2D eigenvalue weighted by Gasteiger charge is -2.05. The molecule has 0 saturated carbocycles. The Morgan fingerprint density at radius 2 is 1.24 bits per heavy atom. The van der Waals surface area contributed by atoms with E-state index in [0.29, 0.717) is 26.1 Å². The van der Waals surface area contributed by atoms with Gasteiger partial charge in [0.05, 0.1) is 6.61 Å². The highest BCUT2D eigenvalue weighted by molar-refractivity contribution is 5.69. The van der Waals surface area contributed by atoms with Crippen LogP contribution in [-0.4, -0.2) is 25.2 Å². The minimum absolute atomic E-state index is 0.0596. The number of unbranched alkanes of at least 4 members (excludes halogenated alkanes) is 8. The number of hydrogen-bond donors (Lipinski definition) is 0. The fourth-order valence-corrected chi connectivity index (χ4v) is 2.41. The zero-order valence-electron chi connectivity index (χ0n) is 16.6. The van der Waals surface area contributed by atoms with Gasteiger partial charge >= 0.3 is 11.9 Å². The first-order chi connectivity index (χ1) is 12.1. The predicted octanol–water partition coefficient (Wildman–Crippen LogP) is 5.74. The van der Waals surface area contributed by atoms with Gasteiger partial charge in [-0.2, -0.15) is 0 Å². The molecule has 25 heavy (non-hydrogen) atoms. The standard InChI is InChI=1S/C21H38O4/c1-4-5-6-13-17-24-20(22)14-11-9-7-8-10-12-15-21(23)25-18-16-19(2)3/h16H,4-15,17-18H2,1-3H3. The number of rotatable bonds is 16. The van der Waals surface area contributed by atoms with E-state index in [9.17, 15) is 9.59 Å². The predicted molar refractivity (Wildman–Crippen MR) is 102 cm³/mol. The summed E-state index contributed by atoms with van der Waals surface area (Å²) in [4.78, 5) is 23.0. The number of hydrogen-bond acceptors (Lipinski definition) is 4. The highest BCUT2D eigenvalue weighted by atomic mass is 16.5. The van der Waals surface area contributed by atoms with Crippen LogP contribution in [0.3, 0.4) is 0 Å². The number of allylic oxidation sites excluding steroid dienone is 1. The van der Waals surface area contributed by atoms with Crippen molar-refractivity contribution in [2.24, 2.45) is 0 Å². The second-order valence-electron chi connectivity index (χ2n) is 6.87. The van der Waals surface area contributed by atoms with E-state index in [2.05, 4.69) is 6.92 Å². The van der Waals surface area contributed by atoms with Crippen molar-refractivity contribution in [3.63, 3.8) is 0 Å². The zero-order valence-corrected chi connectivity index (χ0v) is 16.6. The molecule has 0 atom stereocenters. The Bertz CT molecular complexity index is 370. The third-order valence-corrected chi connectivity index (χ3v) is 4.01. The Kier molecular flexibility index (Phi) is 16.6. The molecule has 4 nitrogen and oxygen atoms in total. The van der Waals surface area contributed by atoms with Crippen LogP contribution in [0.4, 0.5) is 0 Å². The molecule has 146 valence electrons. The topological polar surface area (TPSA) is 52.6 Å². The SMILES string of the molecule is CCCCCCOC(=O)CCCCCCCCC(=O)OCC=C(C)C. The first-order valence-corrected chi connectivity index (χ1v) is 10.0. The molecule has 0 bridgehead atoms. The van der Waals surface area contributed by atoms with E-state index in [0.717, 1.165) is 56.9 Å². The molecule has 0 saturated heterocycles. The highest BCUT2D eigenvalue weighted by Crippen LogP contribution is 2.10. The van der Waals surface area contributed by atoms with Crippen LogP contribution in [0.1, 0.15) is 97.8 Å². The van der Waals surface area contributed by atoms with Gasteiger partial charge in [0.25, 0.3) is 0 Å². The Hall–Kier alpha value is -1.32. The maximum absolute atomic E-state index is 11.5. The molecule has 0 rings (SSSR count). The van der Waals surface area contributed by atoms with Gasteiger partial charge in [-0.1, -0.05) is 57.4 Å². The second-order valence-corrected chi connectivity index (χ2v) is 6.87. The van der Waals surface area contributed by atoms with Crippen LogP contribution in [0.25, 0.3) is 0 Å². The maximum atomic E-state index is 11.5. The Morgan fingerprint density at radius 3 is 1.80 bits per heavy atom. The van der Waals surface area contributed by atoms with Gasteiger partial charge in [-0.3, -0.25) is 9.59 Å². The molecule has 0 radical (unpaired) electrons. The monoisotopic (exact) mass is 354 g/mol. The summed E-state index contributed by atoms with van der Waals surface area (Å²) in [6.45, 7) is 7.10. The van der Waals surface area contributed by atoms with E-state index in [-0.39, 0.29) is 11.9 Å². The average molecular weight is 355 g/mol. The average Bonchev–Trinajstić information content (AvgIpc) is 2.56. The van der Waals surface area contributed by atoms with E-state index in [4.69, 9.17) is 9.47 Å². The van der Waals surface area contributed by atoms with Gasteiger partial charge in [-0.05, 0) is 39.2 Å². The Labute approximate surface area is 154 Å². The van der Waals surface area contributed by atoms with Crippen molar-refractivity contribution in [1.82, 2.24) is 0 Å². The van der Waals surface area contributed by atoms with E-state index in [1.54, 1.807) is 0 Å². The maximum Gasteiger partial charge on any atom is 0.306 e. The van der Waals surface area contributed by atoms with Gasteiger partial charge in [-0.15, -0.1) is 0 Å². The number of carbonyl (C=O) groups excluding carboxylic acids is 2.